The molecule has 5 rings (SSSR count). The molecular weight excluding hydrogens is 374 g/mol. The standard InChI is InChI=1S/C26H29NO3/c1-16-3-4-18(14-27-16)23-9-10-24-22-7-5-17-13-19(30-15-25(28)29)6-8-20(17)21(22)11-12-26(23,24)2/h3-4,6,8-9,13-14,21-22,24H,5,7,10-12,15H2,1-2H3,(H,28,29)/t21?,22?,24?,26-/m1/s1. The smallest absolute Gasteiger partial charge is 0.341 e. The maximum absolute atomic E-state index is 10.8. The van der Waals surface area contributed by atoms with Gasteiger partial charge < -0.3 is 9.84 Å². The number of fused-ring (bicyclic) bond motifs is 5. The normalized spacial score (nSPS) is 29.4. The Morgan fingerprint density at radius 1 is 1.27 bits per heavy atom. The van der Waals surface area contributed by atoms with Gasteiger partial charge in [0.1, 0.15) is 5.75 Å². The van der Waals surface area contributed by atoms with Gasteiger partial charge in [-0.1, -0.05) is 25.1 Å². The Morgan fingerprint density at radius 2 is 2.13 bits per heavy atom. The summed E-state index contributed by atoms with van der Waals surface area (Å²) in [6, 6.07) is 10.6. The molecule has 30 heavy (non-hydrogen) atoms. The van der Waals surface area contributed by atoms with Gasteiger partial charge in [-0.05, 0) is 103 Å². The van der Waals surface area contributed by atoms with Crippen molar-refractivity contribution in [2.24, 2.45) is 17.3 Å². The van der Waals surface area contributed by atoms with Crippen LogP contribution in [0.5, 0.6) is 5.75 Å². The van der Waals surface area contributed by atoms with E-state index in [4.69, 9.17) is 9.84 Å². The van der Waals surface area contributed by atoms with Crippen molar-refractivity contribution >= 4 is 11.5 Å². The monoisotopic (exact) mass is 403 g/mol. The van der Waals surface area contributed by atoms with Crippen LogP contribution in [0.25, 0.3) is 5.57 Å². The predicted octanol–water partition coefficient (Wildman–Crippen LogP) is 5.40. The second kappa shape index (κ2) is 7.26. The molecule has 4 heteroatoms. The van der Waals surface area contributed by atoms with Crippen LogP contribution in [0.4, 0.5) is 0 Å². The van der Waals surface area contributed by atoms with E-state index in [-0.39, 0.29) is 12.0 Å². The van der Waals surface area contributed by atoms with Crippen LogP contribution in [0.15, 0.2) is 42.6 Å². The first-order valence-corrected chi connectivity index (χ1v) is 11.1. The minimum absolute atomic E-state index is 0.236. The molecule has 4 nitrogen and oxygen atoms in total. The Balaban J connectivity index is 1.39. The van der Waals surface area contributed by atoms with Gasteiger partial charge in [-0.2, -0.15) is 0 Å². The largest absolute Gasteiger partial charge is 0.482 e. The summed E-state index contributed by atoms with van der Waals surface area (Å²) in [4.78, 5) is 15.3. The summed E-state index contributed by atoms with van der Waals surface area (Å²) in [5, 5.41) is 8.86. The second-order valence-corrected chi connectivity index (χ2v) is 9.46. The van der Waals surface area contributed by atoms with Gasteiger partial charge >= 0.3 is 5.97 Å². The number of aryl methyl sites for hydroxylation is 2. The maximum atomic E-state index is 10.8. The van der Waals surface area contributed by atoms with Gasteiger partial charge in [-0.25, -0.2) is 4.79 Å². The lowest BCUT2D eigenvalue weighted by molar-refractivity contribution is -0.139. The van der Waals surface area contributed by atoms with E-state index >= 15 is 0 Å². The average Bonchev–Trinajstić information content (AvgIpc) is 3.09. The lowest BCUT2D eigenvalue weighted by Crippen LogP contribution is -2.40. The molecule has 156 valence electrons. The third-order valence-corrected chi connectivity index (χ3v) is 7.86. The van der Waals surface area contributed by atoms with Crippen molar-refractivity contribution in [3.05, 3.63) is 65.0 Å². The summed E-state index contributed by atoms with van der Waals surface area (Å²) in [5.74, 6) is 1.72. The topological polar surface area (TPSA) is 59.4 Å². The molecule has 1 aromatic heterocycles. The van der Waals surface area contributed by atoms with E-state index in [9.17, 15) is 4.79 Å². The number of pyridine rings is 1. The van der Waals surface area contributed by atoms with Crippen molar-refractivity contribution in [1.29, 1.82) is 0 Å². The van der Waals surface area contributed by atoms with Crippen molar-refractivity contribution in [2.75, 3.05) is 6.61 Å². The number of carbonyl (C=O) groups is 1. The molecule has 0 bridgehead atoms. The maximum Gasteiger partial charge on any atom is 0.341 e. The van der Waals surface area contributed by atoms with Crippen LogP contribution in [0, 0.1) is 24.2 Å². The Kier molecular flexibility index (Phi) is 4.68. The molecule has 3 aliphatic rings. The van der Waals surface area contributed by atoms with E-state index < -0.39 is 5.97 Å². The van der Waals surface area contributed by atoms with Crippen LogP contribution in [0.3, 0.4) is 0 Å². The summed E-state index contributed by atoms with van der Waals surface area (Å²) in [5.41, 5.74) is 6.90. The van der Waals surface area contributed by atoms with Gasteiger partial charge in [-0.15, -0.1) is 0 Å². The molecule has 3 aliphatic carbocycles. The average molecular weight is 404 g/mol. The van der Waals surface area contributed by atoms with E-state index in [1.165, 1.54) is 41.5 Å². The van der Waals surface area contributed by atoms with Gasteiger partial charge in [0, 0.05) is 11.9 Å². The van der Waals surface area contributed by atoms with Gasteiger partial charge in [0.15, 0.2) is 6.61 Å². The zero-order chi connectivity index (χ0) is 20.9. The molecular formula is C26H29NO3. The molecule has 1 N–H and O–H groups in total. The Morgan fingerprint density at radius 3 is 2.90 bits per heavy atom. The highest BCUT2D eigenvalue weighted by molar-refractivity contribution is 5.72. The molecule has 0 amide bonds. The number of carboxylic acid groups (broad SMARTS) is 1. The first kappa shape index (κ1) is 19.3. The van der Waals surface area contributed by atoms with E-state index in [0.29, 0.717) is 23.5 Å². The first-order valence-electron chi connectivity index (χ1n) is 11.1. The molecule has 0 aliphatic heterocycles. The number of rotatable bonds is 4. The number of aromatic nitrogens is 1. The van der Waals surface area contributed by atoms with Gasteiger partial charge in [0.05, 0.1) is 0 Å². The third kappa shape index (κ3) is 3.13. The summed E-state index contributed by atoms with van der Waals surface area (Å²) < 4.78 is 5.41. The Labute approximate surface area is 178 Å². The van der Waals surface area contributed by atoms with Crippen LogP contribution in [0.2, 0.25) is 0 Å². The number of allylic oxidation sites excluding steroid dienone is 2. The molecule has 1 fully saturated rings. The van der Waals surface area contributed by atoms with Crippen LogP contribution >= 0.6 is 0 Å². The van der Waals surface area contributed by atoms with E-state index in [1.807, 2.05) is 13.0 Å². The molecule has 0 spiro atoms. The number of hydrogen-bond donors (Lipinski definition) is 1. The van der Waals surface area contributed by atoms with Crippen molar-refractivity contribution < 1.29 is 14.6 Å². The molecule has 1 saturated carbocycles. The molecule has 1 heterocycles. The molecule has 0 saturated heterocycles. The van der Waals surface area contributed by atoms with Crippen LogP contribution in [-0.4, -0.2) is 22.7 Å². The minimum atomic E-state index is -0.937. The van der Waals surface area contributed by atoms with E-state index in [2.05, 4.69) is 48.4 Å². The third-order valence-electron chi connectivity index (χ3n) is 7.86. The number of aliphatic carboxylic acids is 1. The fourth-order valence-corrected chi connectivity index (χ4v) is 6.44. The van der Waals surface area contributed by atoms with E-state index in [1.54, 1.807) is 0 Å². The van der Waals surface area contributed by atoms with Crippen molar-refractivity contribution in [2.45, 2.75) is 51.9 Å². The number of ether oxygens (including phenoxy) is 1. The predicted molar refractivity (Wildman–Crippen MR) is 117 cm³/mol. The summed E-state index contributed by atoms with van der Waals surface area (Å²) in [6.07, 6.45) is 10.4. The Hall–Kier alpha value is -2.62. The van der Waals surface area contributed by atoms with Crippen molar-refractivity contribution in [1.82, 2.24) is 4.98 Å². The van der Waals surface area contributed by atoms with Gasteiger partial charge in [0.25, 0.3) is 0 Å². The minimum Gasteiger partial charge on any atom is -0.482 e. The number of benzene rings is 1. The molecule has 4 atom stereocenters. The van der Waals surface area contributed by atoms with Crippen molar-refractivity contribution in [3.8, 4) is 5.75 Å². The Bertz CT molecular complexity index is 1010. The molecule has 2 aromatic rings. The fourth-order valence-electron chi connectivity index (χ4n) is 6.44. The van der Waals surface area contributed by atoms with Gasteiger partial charge in [0.2, 0.25) is 0 Å². The van der Waals surface area contributed by atoms with Crippen LogP contribution < -0.4 is 4.74 Å². The zero-order valence-electron chi connectivity index (χ0n) is 17.7. The molecule has 0 radical (unpaired) electrons. The lowest BCUT2D eigenvalue weighted by atomic mass is 9.54. The number of hydrogen-bond acceptors (Lipinski definition) is 3. The zero-order valence-corrected chi connectivity index (χ0v) is 17.7. The van der Waals surface area contributed by atoms with Crippen LogP contribution in [-0.2, 0) is 11.2 Å². The number of carboxylic acids is 1. The van der Waals surface area contributed by atoms with Crippen LogP contribution in [0.1, 0.15) is 60.9 Å². The number of nitrogens with zero attached hydrogens (tertiary/aromatic N) is 1. The second-order valence-electron chi connectivity index (χ2n) is 9.46. The first-order chi connectivity index (χ1) is 14.5. The highest BCUT2D eigenvalue weighted by atomic mass is 16.5. The van der Waals surface area contributed by atoms with Crippen molar-refractivity contribution in [3.63, 3.8) is 0 Å². The lowest BCUT2D eigenvalue weighted by Gasteiger charge is -2.50. The van der Waals surface area contributed by atoms with Gasteiger partial charge in [-0.3, -0.25) is 4.98 Å². The summed E-state index contributed by atoms with van der Waals surface area (Å²) >= 11 is 0. The molecule has 1 aromatic carbocycles. The highest BCUT2D eigenvalue weighted by Crippen LogP contribution is 2.63. The highest BCUT2D eigenvalue weighted by Gasteiger charge is 2.51. The summed E-state index contributed by atoms with van der Waals surface area (Å²) in [7, 11) is 0. The summed E-state index contributed by atoms with van der Waals surface area (Å²) in [6.45, 7) is 4.23. The molecule has 3 unspecified atom stereocenters. The quantitative estimate of drug-likeness (QED) is 0.742. The fraction of sp³-hybridized carbons (Fsp3) is 0.462. The van der Waals surface area contributed by atoms with E-state index in [0.717, 1.165) is 18.5 Å². The SMILES string of the molecule is Cc1ccc(C2=CCC3C4CCc5cc(OCC(=O)O)ccc5C4CC[C@]23C)cn1.